The van der Waals surface area contributed by atoms with Gasteiger partial charge in [-0.05, 0) is 50.0 Å². The second-order valence-electron chi connectivity index (χ2n) is 7.73. The van der Waals surface area contributed by atoms with Crippen molar-refractivity contribution in [2.24, 2.45) is 5.92 Å². The van der Waals surface area contributed by atoms with E-state index in [0.717, 1.165) is 12.1 Å². The van der Waals surface area contributed by atoms with Crippen molar-refractivity contribution in [3.05, 3.63) is 65.5 Å². The number of benzene rings is 2. The molecule has 1 heterocycles. The number of amides is 2. The number of hydrogen-bond acceptors (Lipinski definition) is 3. The van der Waals surface area contributed by atoms with Gasteiger partial charge in [0.15, 0.2) is 0 Å². The smallest absolute Gasteiger partial charge is 0.354 e. The Hall–Kier alpha value is -2.94. The molecule has 2 amide bonds. The first-order valence-electron chi connectivity index (χ1n) is 9.73. The maximum absolute atomic E-state index is 13.6. The predicted octanol–water partition coefficient (Wildman–Crippen LogP) is 3.62. The molecule has 5 nitrogen and oxygen atoms in total. The molecular weight excluding hydrogens is 414 g/mol. The van der Waals surface area contributed by atoms with Crippen molar-refractivity contribution in [2.45, 2.75) is 18.6 Å². The highest BCUT2D eigenvalue weighted by atomic mass is 19.4. The lowest BCUT2D eigenvalue weighted by atomic mass is 10.0. The van der Waals surface area contributed by atoms with E-state index in [9.17, 15) is 27.2 Å². The molecule has 1 N–H and O–H groups in total. The van der Waals surface area contributed by atoms with Gasteiger partial charge in [0.2, 0.25) is 11.8 Å². The Morgan fingerprint density at radius 1 is 1.19 bits per heavy atom. The van der Waals surface area contributed by atoms with Gasteiger partial charge in [0.05, 0.1) is 17.5 Å². The Morgan fingerprint density at radius 2 is 1.90 bits per heavy atom. The number of carbonyl (C=O) groups is 2. The topological polar surface area (TPSA) is 52.7 Å². The second-order valence-corrected chi connectivity index (χ2v) is 7.73. The first kappa shape index (κ1) is 22.7. The number of nitrogens with zero attached hydrogens (tertiary/aromatic N) is 2. The molecule has 0 bridgehead atoms. The van der Waals surface area contributed by atoms with Crippen molar-refractivity contribution >= 4 is 17.5 Å². The van der Waals surface area contributed by atoms with Gasteiger partial charge < -0.3 is 15.1 Å². The number of nitrogens with one attached hydrogen (secondary N) is 1. The molecule has 0 saturated carbocycles. The summed E-state index contributed by atoms with van der Waals surface area (Å²) in [5.74, 6) is -1.84. The quantitative estimate of drug-likeness (QED) is 0.703. The number of hydrogen-bond donors (Lipinski definition) is 1. The fraction of sp³-hybridized carbons (Fsp3) is 0.364. The summed E-state index contributed by atoms with van der Waals surface area (Å²) in [5, 5.41) is 2.79. The van der Waals surface area contributed by atoms with Gasteiger partial charge in [-0.25, -0.2) is 4.39 Å². The minimum Gasteiger partial charge on any atom is -0.354 e. The Bertz CT molecular complexity index is 962. The fourth-order valence-electron chi connectivity index (χ4n) is 3.64. The van der Waals surface area contributed by atoms with E-state index in [2.05, 4.69) is 5.32 Å². The van der Waals surface area contributed by atoms with Crippen molar-refractivity contribution in [3.63, 3.8) is 0 Å². The molecule has 0 radical (unpaired) electrons. The molecule has 166 valence electrons. The summed E-state index contributed by atoms with van der Waals surface area (Å²) >= 11 is 0. The lowest BCUT2D eigenvalue weighted by Gasteiger charge is -2.26. The zero-order valence-corrected chi connectivity index (χ0v) is 17.1. The summed E-state index contributed by atoms with van der Waals surface area (Å²) in [7, 11) is 3.60. The number of likely N-dealkylation sites (N-methyl/N-ethyl adjacent to an activating group) is 1. The molecule has 1 aliphatic heterocycles. The standard InChI is InChI=1S/C22H23F4N3O2/c1-28(2)19(14-5-3-7-17(23)9-14)12-27-21(31)15-10-20(30)29(13-15)18-8-4-6-16(11-18)22(24,25)26/h3-9,11,15,19H,10,12-13H2,1-2H3,(H,27,31)/t15-,19+/m0/s1. The van der Waals surface area contributed by atoms with Crippen molar-refractivity contribution in [1.82, 2.24) is 10.2 Å². The Balaban J connectivity index is 1.66. The SMILES string of the molecule is CN(C)[C@H](CNC(=O)[C@H]1CC(=O)N(c2cccc(C(F)(F)F)c2)C1)c1cccc(F)c1. The first-order chi connectivity index (χ1) is 14.6. The molecule has 0 unspecified atom stereocenters. The van der Waals surface area contributed by atoms with Crippen LogP contribution in [0.4, 0.5) is 23.2 Å². The molecule has 1 fully saturated rings. The molecule has 9 heteroatoms. The van der Waals surface area contributed by atoms with E-state index in [1.165, 1.54) is 29.2 Å². The van der Waals surface area contributed by atoms with Gasteiger partial charge in [-0.2, -0.15) is 13.2 Å². The van der Waals surface area contributed by atoms with E-state index in [4.69, 9.17) is 0 Å². The normalized spacial score (nSPS) is 17.8. The maximum atomic E-state index is 13.6. The van der Waals surface area contributed by atoms with Gasteiger partial charge >= 0.3 is 6.18 Å². The molecule has 2 atom stereocenters. The predicted molar refractivity (Wildman–Crippen MR) is 108 cm³/mol. The molecule has 0 spiro atoms. The lowest BCUT2D eigenvalue weighted by molar-refractivity contribution is -0.137. The van der Waals surface area contributed by atoms with Gasteiger partial charge in [-0.1, -0.05) is 18.2 Å². The van der Waals surface area contributed by atoms with Crippen molar-refractivity contribution < 1.29 is 27.2 Å². The van der Waals surface area contributed by atoms with Crippen LogP contribution in [0.2, 0.25) is 0 Å². The van der Waals surface area contributed by atoms with E-state index >= 15 is 0 Å². The molecule has 2 aromatic carbocycles. The molecule has 0 aliphatic carbocycles. The van der Waals surface area contributed by atoms with Crippen molar-refractivity contribution in [3.8, 4) is 0 Å². The number of anilines is 1. The average Bonchev–Trinajstić information content (AvgIpc) is 3.09. The third-order valence-electron chi connectivity index (χ3n) is 5.31. The number of alkyl halides is 3. The number of carbonyl (C=O) groups excluding carboxylic acids is 2. The second kappa shape index (κ2) is 9.05. The van der Waals surface area contributed by atoms with Gasteiger partial charge in [0, 0.05) is 25.2 Å². The van der Waals surface area contributed by atoms with Crippen LogP contribution in [-0.2, 0) is 15.8 Å². The number of halogens is 4. The zero-order chi connectivity index (χ0) is 22.8. The van der Waals surface area contributed by atoms with Crippen LogP contribution in [0.1, 0.15) is 23.6 Å². The monoisotopic (exact) mass is 437 g/mol. The molecule has 3 rings (SSSR count). The van der Waals surface area contributed by atoms with Crippen LogP contribution in [0.25, 0.3) is 0 Å². The minimum atomic E-state index is -4.52. The molecular formula is C22H23F4N3O2. The van der Waals surface area contributed by atoms with Crippen LogP contribution in [-0.4, -0.2) is 43.9 Å². The van der Waals surface area contributed by atoms with E-state index in [1.807, 2.05) is 4.90 Å². The highest BCUT2D eigenvalue weighted by Crippen LogP contribution is 2.33. The van der Waals surface area contributed by atoms with Crippen LogP contribution in [0, 0.1) is 11.7 Å². The van der Waals surface area contributed by atoms with Gasteiger partial charge in [0.25, 0.3) is 0 Å². The largest absolute Gasteiger partial charge is 0.416 e. The summed E-state index contributed by atoms with van der Waals surface area (Å²) in [6, 6.07) is 10.3. The molecule has 1 saturated heterocycles. The van der Waals surface area contributed by atoms with Crippen LogP contribution < -0.4 is 10.2 Å². The molecule has 31 heavy (non-hydrogen) atoms. The Morgan fingerprint density at radius 3 is 2.55 bits per heavy atom. The number of rotatable bonds is 6. The Labute approximate surface area is 177 Å². The molecule has 2 aromatic rings. The zero-order valence-electron chi connectivity index (χ0n) is 17.1. The van der Waals surface area contributed by atoms with Gasteiger partial charge in [-0.3, -0.25) is 9.59 Å². The third-order valence-corrected chi connectivity index (χ3v) is 5.31. The van der Waals surface area contributed by atoms with E-state index in [1.54, 1.807) is 26.2 Å². The van der Waals surface area contributed by atoms with Crippen LogP contribution >= 0.6 is 0 Å². The van der Waals surface area contributed by atoms with Crippen LogP contribution in [0.15, 0.2) is 48.5 Å². The summed E-state index contributed by atoms with van der Waals surface area (Å²) in [5.41, 5.74) is -0.0472. The van der Waals surface area contributed by atoms with E-state index in [0.29, 0.717) is 5.56 Å². The van der Waals surface area contributed by atoms with Gasteiger partial charge in [-0.15, -0.1) is 0 Å². The molecule has 1 aliphatic rings. The minimum absolute atomic E-state index is 0.00142. The Kier molecular flexibility index (Phi) is 6.64. The highest BCUT2D eigenvalue weighted by molar-refractivity contribution is 6.00. The highest BCUT2D eigenvalue weighted by Gasteiger charge is 2.37. The summed E-state index contributed by atoms with van der Waals surface area (Å²) < 4.78 is 52.5. The van der Waals surface area contributed by atoms with Crippen molar-refractivity contribution in [2.75, 3.05) is 32.1 Å². The van der Waals surface area contributed by atoms with Crippen LogP contribution in [0.3, 0.4) is 0 Å². The summed E-state index contributed by atoms with van der Waals surface area (Å²) in [6.45, 7) is 0.197. The lowest BCUT2D eigenvalue weighted by Crippen LogP contribution is -2.38. The summed E-state index contributed by atoms with van der Waals surface area (Å²) in [6.07, 6.45) is -4.61. The average molecular weight is 437 g/mol. The first-order valence-corrected chi connectivity index (χ1v) is 9.73. The molecule has 0 aromatic heterocycles. The van der Waals surface area contributed by atoms with E-state index in [-0.39, 0.29) is 43.0 Å². The third kappa shape index (κ3) is 5.41. The summed E-state index contributed by atoms with van der Waals surface area (Å²) in [4.78, 5) is 28.1. The van der Waals surface area contributed by atoms with Crippen LogP contribution in [0.5, 0.6) is 0 Å². The fourth-order valence-corrected chi connectivity index (χ4v) is 3.64. The maximum Gasteiger partial charge on any atom is 0.416 e. The van der Waals surface area contributed by atoms with Crippen molar-refractivity contribution in [1.29, 1.82) is 0 Å². The van der Waals surface area contributed by atoms with E-state index < -0.39 is 23.6 Å². The van der Waals surface area contributed by atoms with Gasteiger partial charge in [0.1, 0.15) is 5.82 Å².